The molecule has 2 nitrogen and oxygen atoms in total. The Morgan fingerprint density at radius 2 is 1.57 bits per heavy atom. The molecule has 1 N–H and O–H groups in total. The monoisotopic (exact) mass is 201 g/mol. The second-order valence-corrected chi connectivity index (χ2v) is 0.519. The molecule has 0 rings (SSSR count). The number of halogens is 1. The van der Waals surface area contributed by atoms with Gasteiger partial charge in [-0.15, -0.1) is 0 Å². The van der Waals surface area contributed by atoms with Gasteiger partial charge in [0.25, 0.3) is 5.97 Å². The molecule has 53 valence electrons. The number of carboxylic acid groups (broad SMARTS) is 1. The van der Waals surface area contributed by atoms with Crippen molar-refractivity contribution in [3.63, 3.8) is 0 Å². The summed E-state index contributed by atoms with van der Waals surface area (Å²) in [5.74, 6) is -0.833. The van der Waals surface area contributed by atoms with E-state index >= 15 is 0 Å². The normalized spacial score (nSPS) is 3.57. The number of aliphatic carboxylic acids is 1. The minimum absolute atomic E-state index is 0. The molecule has 0 aromatic carbocycles. The van der Waals surface area contributed by atoms with Crippen LogP contribution in [0.1, 0.15) is 6.92 Å². The first-order valence-electron chi connectivity index (χ1n) is 0.928. The van der Waals surface area contributed by atoms with Crippen molar-refractivity contribution >= 4 is 5.97 Å². The maximum Gasteiger partial charge on any atom is 0.300 e. The first kappa shape index (κ1) is 26.2. The van der Waals surface area contributed by atoms with Crippen LogP contribution >= 0.6 is 0 Å². The Labute approximate surface area is 61.4 Å². The van der Waals surface area contributed by atoms with E-state index in [0.29, 0.717) is 0 Å². The van der Waals surface area contributed by atoms with Gasteiger partial charge in [-0.25, -0.2) is 0 Å². The first-order chi connectivity index (χ1) is 1.73. The molecule has 0 aliphatic heterocycles. The summed E-state index contributed by atoms with van der Waals surface area (Å²) in [5, 5.41) is 7.42. The topological polar surface area (TPSA) is 37.3 Å². The largest absolute Gasteiger partial charge is 0.481 e. The number of rotatable bonds is 0. The third-order valence-corrected chi connectivity index (χ3v) is 0. The third kappa shape index (κ3) is 732. The van der Waals surface area contributed by atoms with Crippen LogP contribution in [0.2, 0.25) is 0 Å². The van der Waals surface area contributed by atoms with Crippen molar-refractivity contribution in [2.24, 2.45) is 0 Å². The zero-order valence-corrected chi connectivity index (χ0v) is 5.31. The number of carbonyl (C=O) groups is 1. The molecule has 0 saturated carbocycles. The quantitative estimate of drug-likeness (QED) is 0.571. The van der Waals surface area contributed by atoms with Crippen LogP contribution in [0.25, 0.3) is 0 Å². The van der Waals surface area contributed by atoms with Gasteiger partial charge in [0, 0.05) is 40.5 Å². The Kier molecular flexibility index (Phi) is 60.3. The molecule has 1 radical (unpaired) electrons. The first-order valence-corrected chi connectivity index (χ1v) is 0.928. The average Bonchev–Trinajstić information content (AvgIpc) is 0.811. The molecule has 0 fully saturated rings. The molecule has 0 spiro atoms. The summed E-state index contributed by atoms with van der Waals surface area (Å²) in [4.78, 5) is 9.00. The SMILES string of the molecule is CC(=O)O.F.[Cu].[Ni]. The van der Waals surface area contributed by atoms with Crippen LogP contribution in [-0.2, 0) is 38.4 Å². The van der Waals surface area contributed by atoms with Crippen molar-refractivity contribution in [1.82, 2.24) is 0 Å². The van der Waals surface area contributed by atoms with E-state index < -0.39 is 5.97 Å². The molecule has 0 atom stereocenters. The van der Waals surface area contributed by atoms with E-state index in [1.54, 1.807) is 0 Å². The molecule has 0 heterocycles. The molecule has 0 bridgehead atoms. The molecule has 0 unspecified atom stereocenters. The van der Waals surface area contributed by atoms with Crippen LogP contribution in [0.4, 0.5) is 4.70 Å². The number of carboxylic acids is 1. The van der Waals surface area contributed by atoms with Gasteiger partial charge in [0.1, 0.15) is 0 Å². The summed E-state index contributed by atoms with van der Waals surface area (Å²) in [6, 6.07) is 0. The maximum atomic E-state index is 9.00. The van der Waals surface area contributed by atoms with Crippen molar-refractivity contribution in [2.45, 2.75) is 6.92 Å². The van der Waals surface area contributed by atoms with Crippen molar-refractivity contribution in [3.8, 4) is 0 Å². The smallest absolute Gasteiger partial charge is 0.300 e. The Balaban J connectivity index is -0.0000000150. The molecule has 0 aromatic heterocycles. The molecule has 0 aromatic rings. The van der Waals surface area contributed by atoms with Gasteiger partial charge in [0.05, 0.1) is 0 Å². The third-order valence-electron chi connectivity index (χ3n) is 0. The minimum atomic E-state index is -0.833. The van der Waals surface area contributed by atoms with Crippen LogP contribution in [-0.4, -0.2) is 11.1 Å². The second-order valence-electron chi connectivity index (χ2n) is 0.519. The van der Waals surface area contributed by atoms with Crippen LogP contribution in [0.5, 0.6) is 0 Å². The van der Waals surface area contributed by atoms with Crippen LogP contribution < -0.4 is 0 Å². The Morgan fingerprint density at radius 1 is 1.57 bits per heavy atom. The Bertz CT molecular complexity index is 38.7. The summed E-state index contributed by atoms with van der Waals surface area (Å²) >= 11 is 0. The van der Waals surface area contributed by atoms with Crippen molar-refractivity contribution in [3.05, 3.63) is 0 Å². The Hall–Kier alpha value is 0.413. The molecule has 7 heavy (non-hydrogen) atoms. The van der Waals surface area contributed by atoms with E-state index in [-0.39, 0.29) is 38.3 Å². The summed E-state index contributed by atoms with van der Waals surface area (Å²) in [6.07, 6.45) is 0. The van der Waals surface area contributed by atoms with E-state index in [0.717, 1.165) is 6.92 Å². The molecule has 5 heteroatoms. The van der Waals surface area contributed by atoms with Crippen LogP contribution in [0, 0.1) is 0 Å². The van der Waals surface area contributed by atoms with Gasteiger partial charge in [-0.05, 0) is 0 Å². The van der Waals surface area contributed by atoms with Gasteiger partial charge < -0.3 is 5.11 Å². The Morgan fingerprint density at radius 3 is 1.57 bits per heavy atom. The van der Waals surface area contributed by atoms with Crippen molar-refractivity contribution in [1.29, 1.82) is 0 Å². The van der Waals surface area contributed by atoms with Gasteiger partial charge in [0.2, 0.25) is 0 Å². The van der Waals surface area contributed by atoms with Gasteiger partial charge in [-0.3, -0.25) is 9.50 Å². The molecule has 0 aliphatic carbocycles. The van der Waals surface area contributed by atoms with Crippen molar-refractivity contribution in [2.75, 3.05) is 0 Å². The fraction of sp³-hybridized carbons (Fsp3) is 0.500. The molecular formula is C2H5CuFNiO2. The van der Waals surface area contributed by atoms with Crippen LogP contribution in [0.3, 0.4) is 0 Å². The summed E-state index contributed by atoms with van der Waals surface area (Å²) in [5.41, 5.74) is 0. The van der Waals surface area contributed by atoms with E-state index in [2.05, 4.69) is 0 Å². The predicted octanol–water partition coefficient (Wildman–Crippen LogP) is 0.238. The standard InChI is InChI=1S/C2H4O2.Cu.FH.Ni/c1-2(3)4;;;/h1H3,(H,3,4);;1H;. The minimum Gasteiger partial charge on any atom is -0.481 e. The van der Waals surface area contributed by atoms with E-state index in [1.807, 2.05) is 0 Å². The summed E-state index contributed by atoms with van der Waals surface area (Å²) < 4.78 is 0. The summed E-state index contributed by atoms with van der Waals surface area (Å²) in [7, 11) is 0. The van der Waals surface area contributed by atoms with E-state index in [1.165, 1.54) is 0 Å². The van der Waals surface area contributed by atoms with Gasteiger partial charge in [-0.1, -0.05) is 0 Å². The number of hydrogen-bond donors (Lipinski definition) is 1. The van der Waals surface area contributed by atoms with Crippen molar-refractivity contribution < 1.29 is 48.2 Å². The van der Waals surface area contributed by atoms with E-state index in [9.17, 15) is 0 Å². The van der Waals surface area contributed by atoms with E-state index in [4.69, 9.17) is 9.90 Å². The average molecular weight is 202 g/mol. The molecule has 0 saturated heterocycles. The fourth-order valence-electron chi connectivity index (χ4n) is 0. The molecule has 0 aliphatic rings. The second kappa shape index (κ2) is 16.1. The zero-order chi connectivity index (χ0) is 3.58. The molecular weight excluding hydrogens is 197 g/mol. The molecule has 0 amide bonds. The zero-order valence-electron chi connectivity index (χ0n) is 3.38. The van der Waals surface area contributed by atoms with Gasteiger partial charge in [0.15, 0.2) is 0 Å². The van der Waals surface area contributed by atoms with Gasteiger partial charge >= 0.3 is 0 Å². The fourth-order valence-corrected chi connectivity index (χ4v) is 0. The van der Waals surface area contributed by atoms with Gasteiger partial charge in [-0.2, -0.15) is 0 Å². The van der Waals surface area contributed by atoms with Crippen LogP contribution in [0.15, 0.2) is 0 Å². The number of hydrogen-bond acceptors (Lipinski definition) is 1. The maximum absolute atomic E-state index is 9.00. The predicted molar refractivity (Wildman–Crippen MR) is 15.8 cm³/mol. The summed E-state index contributed by atoms with van der Waals surface area (Å²) in [6.45, 7) is 1.08.